The Morgan fingerprint density at radius 1 is 1.32 bits per heavy atom. The molecule has 0 saturated carbocycles. The van der Waals surface area contributed by atoms with Crippen molar-refractivity contribution in [2.45, 2.75) is 13.8 Å². The highest BCUT2D eigenvalue weighted by atomic mass is 16.5. The zero-order valence-corrected chi connectivity index (χ0v) is 14.2. The van der Waals surface area contributed by atoms with Gasteiger partial charge in [0.05, 0.1) is 18.9 Å². The Bertz CT molecular complexity index is 453. The molecule has 0 N–H and O–H groups in total. The Morgan fingerprint density at radius 2 is 2.09 bits per heavy atom. The van der Waals surface area contributed by atoms with Crippen molar-refractivity contribution in [1.82, 2.24) is 14.8 Å². The van der Waals surface area contributed by atoms with Gasteiger partial charge in [-0.25, -0.2) is 0 Å². The Labute approximate surface area is 134 Å². The predicted octanol–water partition coefficient (Wildman–Crippen LogP) is 2.39. The first kappa shape index (κ1) is 17.1. The number of hydrogen-bond donors (Lipinski definition) is 0. The van der Waals surface area contributed by atoms with Gasteiger partial charge in [0.2, 0.25) is 0 Å². The second-order valence-electron chi connectivity index (χ2n) is 6.91. The normalized spacial score (nSPS) is 17.5. The van der Waals surface area contributed by atoms with Gasteiger partial charge in [0, 0.05) is 38.9 Å². The summed E-state index contributed by atoms with van der Waals surface area (Å²) in [5.41, 5.74) is 1.30. The summed E-state index contributed by atoms with van der Waals surface area (Å²) in [4.78, 5) is 9.19. The highest BCUT2D eigenvalue weighted by Crippen LogP contribution is 2.19. The van der Waals surface area contributed by atoms with E-state index in [1.165, 1.54) is 0 Å². The highest BCUT2D eigenvalue weighted by molar-refractivity contribution is 5.43. The van der Waals surface area contributed by atoms with Crippen LogP contribution in [0.25, 0.3) is 6.08 Å². The van der Waals surface area contributed by atoms with Crippen LogP contribution in [0.4, 0.5) is 0 Å². The minimum atomic E-state index is 0.283. The number of likely N-dealkylation sites (N-methyl/N-ethyl adjacent to an activating group) is 1. The Hall–Kier alpha value is -1.23. The van der Waals surface area contributed by atoms with Gasteiger partial charge in [0.25, 0.3) is 0 Å². The van der Waals surface area contributed by atoms with E-state index in [2.05, 4.69) is 47.8 Å². The van der Waals surface area contributed by atoms with E-state index in [0.717, 1.165) is 51.6 Å². The van der Waals surface area contributed by atoms with Crippen LogP contribution in [0.1, 0.15) is 19.5 Å². The third-order valence-electron chi connectivity index (χ3n) is 3.85. The van der Waals surface area contributed by atoms with Gasteiger partial charge in [0.1, 0.15) is 0 Å². The van der Waals surface area contributed by atoms with Gasteiger partial charge in [-0.3, -0.25) is 9.88 Å². The van der Waals surface area contributed by atoms with Crippen LogP contribution in [0, 0.1) is 5.41 Å². The second kappa shape index (κ2) is 8.42. The molecule has 122 valence electrons. The van der Waals surface area contributed by atoms with Crippen molar-refractivity contribution in [3.8, 4) is 0 Å². The molecule has 1 saturated heterocycles. The molecule has 1 aliphatic rings. The van der Waals surface area contributed by atoms with Crippen LogP contribution in [-0.2, 0) is 4.74 Å². The molecule has 0 atom stereocenters. The highest BCUT2D eigenvalue weighted by Gasteiger charge is 2.24. The Kier molecular flexibility index (Phi) is 6.55. The maximum Gasteiger partial charge on any atom is 0.0626 e. The predicted molar refractivity (Wildman–Crippen MR) is 91.8 cm³/mol. The van der Waals surface area contributed by atoms with E-state index in [4.69, 9.17) is 4.74 Å². The molecule has 0 unspecified atom stereocenters. The van der Waals surface area contributed by atoms with E-state index in [9.17, 15) is 0 Å². The first-order valence-electron chi connectivity index (χ1n) is 8.11. The molecular formula is C18H29N3O. The molecule has 4 nitrogen and oxygen atoms in total. The van der Waals surface area contributed by atoms with Crippen LogP contribution in [0.5, 0.6) is 0 Å². The number of aromatic nitrogens is 1. The van der Waals surface area contributed by atoms with Crippen molar-refractivity contribution in [3.05, 3.63) is 36.2 Å². The van der Waals surface area contributed by atoms with E-state index in [1.54, 1.807) is 0 Å². The molecule has 2 heterocycles. The molecule has 0 aliphatic carbocycles. The first-order valence-corrected chi connectivity index (χ1v) is 8.11. The lowest BCUT2D eigenvalue weighted by Gasteiger charge is -2.36. The quantitative estimate of drug-likeness (QED) is 0.773. The Morgan fingerprint density at radius 3 is 2.77 bits per heavy atom. The maximum absolute atomic E-state index is 5.42. The van der Waals surface area contributed by atoms with Crippen LogP contribution >= 0.6 is 0 Å². The molecule has 0 radical (unpaired) electrons. The molecule has 4 heteroatoms. The van der Waals surface area contributed by atoms with Crippen LogP contribution < -0.4 is 0 Å². The van der Waals surface area contributed by atoms with E-state index >= 15 is 0 Å². The van der Waals surface area contributed by atoms with Crippen molar-refractivity contribution < 1.29 is 4.74 Å². The fourth-order valence-corrected chi connectivity index (χ4v) is 3.04. The van der Waals surface area contributed by atoms with Gasteiger partial charge < -0.3 is 9.64 Å². The van der Waals surface area contributed by atoms with Crippen LogP contribution in [0.15, 0.2) is 30.5 Å². The molecular weight excluding hydrogens is 274 g/mol. The topological polar surface area (TPSA) is 28.6 Å². The summed E-state index contributed by atoms with van der Waals surface area (Å²) in [5, 5.41) is 0. The van der Waals surface area contributed by atoms with Gasteiger partial charge in [-0.15, -0.1) is 0 Å². The van der Waals surface area contributed by atoms with Crippen molar-refractivity contribution in [3.63, 3.8) is 0 Å². The molecule has 1 aromatic rings. The number of hydrogen-bond acceptors (Lipinski definition) is 4. The van der Waals surface area contributed by atoms with Gasteiger partial charge in [-0.2, -0.15) is 0 Å². The fraction of sp³-hybridized carbons (Fsp3) is 0.611. The molecule has 1 aromatic heterocycles. The molecule has 1 aliphatic heterocycles. The van der Waals surface area contributed by atoms with Crippen LogP contribution in [-0.4, -0.2) is 67.8 Å². The SMILES string of the molecule is CN(C/C=C/c1ccccn1)CC(C)(C)CN1CCOCC1. The summed E-state index contributed by atoms with van der Waals surface area (Å²) in [6, 6.07) is 5.98. The third kappa shape index (κ3) is 6.26. The number of pyridine rings is 1. The molecule has 1 fully saturated rings. The van der Waals surface area contributed by atoms with Gasteiger partial charge >= 0.3 is 0 Å². The third-order valence-corrected chi connectivity index (χ3v) is 3.85. The zero-order valence-electron chi connectivity index (χ0n) is 14.2. The molecule has 0 spiro atoms. The largest absolute Gasteiger partial charge is 0.379 e. The smallest absolute Gasteiger partial charge is 0.0626 e. The summed E-state index contributed by atoms with van der Waals surface area (Å²) in [5.74, 6) is 0. The average Bonchev–Trinajstić information content (AvgIpc) is 2.48. The average molecular weight is 303 g/mol. The summed E-state index contributed by atoms with van der Waals surface area (Å²) < 4.78 is 5.42. The lowest BCUT2D eigenvalue weighted by Crippen LogP contribution is -2.45. The van der Waals surface area contributed by atoms with Crippen LogP contribution in [0.2, 0.25) is 0 Å². The van der Waals surface area contributed by atoms with E-state index < -0.39 is 0 Å². The summed E-state index contributed by atoms with van der Waals surface area (Å²) in [6.45, 7) is 11.7. The number of morpholine rings is 1. The molecule has 0 amide bonds. The lowest BCUT2D eigenvalue weighted by molar-refractivity contribution is 0.0170. The first-order chi connectivity index (χ1) is 10.6. The van der Waals surface area contributed by atoms with Crippen molar-refractivity contribution in [2.24, 2.45) is 5.41 Å². The summed E-state index contributed by atoms with van der Waals surface area (Å²) in [6.07, 6.45) is 6.10. The molecule has 22 heavy (non-hydrogen) atoms. The van der Waals surface area contributed by atoms with E-state index in [-0.39, 0.29) is 5.41 Å². The number of rotatable bonds is 7. The van der Waals surface area contributed by atoms with E-state index in [0.29, 0.717) is 0 Å². The minimum absolute atomic E-state index is 0.283. The fourth-order valence-electron chi connectivity index (χ4n) is 3.04. The van der Waals surface area contributed by atoms with Crippen LogP contribution in [0.3, 0.4) is 0 Å². The lowest BCUT2D eigenvalue weighted by atomic mass is 9.92. The maximum atomic E-state index is 5.42. The van der Waals surface area contributed by atoms with Gasteiger partial charge in [0.15, 0.2) is 0 Å². The van der Waals surface area contributed by atoms with E-state index in [1.807, 2.05) is 24.4 Å². The standard InChI is InChI=1S/C18H29N3O/c1-18(2,16-21-11-13-22-14-12-21)15-20(3)10-6-8-17-7-4-5-9-19-17/h4-9H,10-16H2,1-3H3/b8-6+. The van der Waals surface area contributed by atoms with Crippen molar-refractivity contribution in [1.29, 1.82) is 0 Å². The monoisotopic (exact) mass is 303 g/mol. The van der Waals surface area contributed by atoms with Crippen molar-refractivity contribution >= 4 is 6.08 Å². The molecule has 0 aromatic carbocycles. The molecule has 0 bridgehead atoms. The summed E-state index contributed by atoms with van der Waals surface area (Å²) >= 11 is 0. The number of nitrogens with zero attached hydrogens (tertiary/aromatic N) is 3. The van der Waals surface area contributed by atoms with Crippen molar-refractivity contribution in [2.75, 3.05) is 53.0 Å². The summed E-state index contributed by atoms with van der Waals surface area (Å²) in [7, 11) is 2.18. The zero-order chi connectivity index (χ0) is 15.8. The second-order valence-corrected chi connectivity index (χ2v) is 6.91. The Balaban J connectivity index is 1.74. The minimum Gasteiger partial charge on any atom is -0.379 e. The number of ether oxygens (including phenoxy) is 1. The molecule has 2 rings (SSSR count). The van der Waals surface area contributed by atoms with Gasteiger partial charge in [-0.05, 0) is 30.7 Å². The van der Waals surface area contributed by atoms with Gasteiger partial charge in [-0.1, -0.05) is 26.0 Å².